The zero-order chi connectivity index (χ0) is 24.3. The lowest BCUT2D eigenvalue weighted by Crippen LogP contribution is -2.50. The van der Waals surface area contributed by atoms with Gasteiger partial charge in [0, 0.05) is 16.7 Å². The van der Waals surface area contributed by atoms with Gasteiger partial charge in [0.15, 0.2) is 6.29 Å². The van der Waals surface area contributed by atoms with Gasteiger partial charge in [-0.2, -0.15) is 0 Å². The van der Waals surface area contributed by atoms with Gasteiger partial charge in [0.25, 0.3) is 0 Å². The monoisotopic (exact) mass is 464 g/mol. The highest BCUT2D eigenvalue weighted by atomic mass is 16.7. The lowest BCUT2D eigenvalue weighted by Gasteiger charge is -2.30. The number of carbonyl (C=O) groups excluding carboxylic acids is 2. The number of ether oxygens (including phenoxy) is 3. The van der Waals surface area contributed by atoms with Crippen LogP contribution in [0.2, 0.25) is 0 Å². The summed E-state index contributed by atoms with van der Waals surface area (Å²) in [6.45, 7) is 0. The Balaban J connectivity index is 1.71. The Kier molecular flexibility index (Phi) is 6.27. The molecule has 0 spiro atoms. The van der Waals surface area contributed by atoms with E-state index in [1.807, 2.05) is 60.7 Å². The van der Waals surface area contributed by atoms with Crippen LogP contribution in [0.25, 0.3) is 0 Å². The molecular formula is C30H24O5. The fourth-order valence-electron chi connectivity index (χ4n) is 4.41. The fraction of sp³-hybridized carbons (Fsp3) is 0.133. The van der Waals surface area contributed by atoms with Crippen molar-refractivity contribution in [1.82, 2.24) is 0 Å². The standard InChI is InChI=1S/C30H24O5/c1-33-25-19-11-18-24(20-25)29-34-28(23-16-9-4-10-17-23)30(35-29,26(31)21-12-5-2-6-13-21)27(32)22-14-7-3-8-15-22/h2-20,28-29H,1H3. The van der Waals surface area contributed by atoms with E-state index in [1.54, 1.807) is 61.7 Å². The number of ketones is 2. The Morgan fingerprint density at radius 2 is 1.20 bits per heavy atom. The summed E-state index contributed by atoms with van der Waals surface area (Å²) >= 11 is 0. The second-order valence-electron chi connectivity index (χ2n) is 8.28. The third-order valence-electron chi connectivity index (χ3n) is 6.14. The van der Waals surface area contributed by atoms with Crippen molar-refractivity contribution in [3.63, 3.8) is 0 Å². The third-order valence-corrected chi connectivity index (χ3v) is 6.14. The normalized spacial score (nSPS) is 18.7. The van der Waals surface area contributed by atoms with Crippen molar-refractivity contribution in [3.05, 3.63) is 138 Å². The molecule has 2 atom stereocenters. The van der Waals surface area contributed by atoms with E-state index >= 15 is 0 Å². The van der Waals surface area contributed by atoms with Crippen LogP contribution in [0.5, 0.6) is 5.75 Å². The quantitative estimate of drug-likeness (QED) is 0.248. The van der Waals surface area contributed by atoms with E-state index in [2.05, 4.69) is 0 Å². The van der Waals surface area contributed by atoms with Crippen molar-refractivity contribution in [1.29, 1.82) is 0 Å². The number of carbonyl (C=O) groups is 2. The van der Waals surface area contributed by atoms with Crippen LogP contribution in [-0.4, -0.2) is 24.3 Å². The van der Waals surface area contributed by atoms with Crippen molar-refractivity contribution >= 4 is 11.6 Å². The minimum absolute atomic E-state index is 0.368. The number of benzene rings is 4. The van der Waals surface area contributed by atoms with Crippen molar-refractivity contribution in [2.45, 2.75) is 18.0 Å². The summed E-state index contributed by atoms with van der Waals surface area (Å²) in [4.78, 5) is 28.4. The van der Waals surface area contributed by atoms with Crippen LogP contribution in [0.4, 0.5) is 0 Å². The molecule has 0 aliphatic carbocycles. The molecular weight excluding hydrogens is 440 g/mol. The zero-order valence-corrected chi connectivity index (χ0v) is 19.2. The highest BCUT2D eigenvalue weighted by Gasteiger charge is 2.61. The molecule has 0 bridgehead atoms. The van der Waals surface area contributed by atoms with E-state index in [0.717, 1.165) is 0 Å². The molecule has 1 aliphatic rings. The van der Waals surface area contributed by atoms with Gasteiger partial charge >= 0.3 is 0 Å². The predicted octanol–water partition coefficient (Wildman–Crippen LogP) is 5.99. The topological polar surface area (TPSA) is 61.8 Å². The second kappa shape index (κ2) is 9.66. The Labute approximate surface area is 203 Å². The molecule has 0 saturated carbocycles. The molecule has 5 rings (SSSR count). The van der Waals surface area contributed by atoms with Gasteiger partial charge in [0.05, 0.1) is 7.11 Å². The fourth-order valence-corrected chi connectivity index (χ4v) is 4.41. The third kappa shape index (κ3) is 4.16. The van der Waals surface area contributed by atoms with Crippen LogP contribution in [0, 0.1) is 0 Å². The van der Waals surface area contributed by atoms with E-state index < -0.39 is 29.6 Å². The minimum Gasteiger partial charge on any atom is -0.497 e. The van der Waals surface area contributed by atoms with Crippen molar-refractivity contribution < 1.29 is 23.8 Å². The van der Waals surface area contributed by atoms with Crippen LogP contribution in [0.3, 0.4) is 0 Å². The van der Waals surface area contributed by atoms with Crippen LogP contribution < -0.4 is 4.74 Å². The van der Waals surface area contributed by atoms with Gasteiger partial charge in [-0.1, -0.05) is 103 Å². The molecule has 1 heterocycles. The molecule has 174 valence electrons. The van der Waals surface area contributed by atoms with E-state index in [-0.39, 0.29) is 0 Å². The number of hydrogen-bond donors (Lipinski definition) is 0. The van der Waals surface area contributed by atoms with E-state index in [9.17, 15) is 9.59 Å². The first-order chi connectivity index (χ1) is 17.1. The van der Waals surface area contributed by atoms with Gasteiger partial charge < -0.3 is 14.2 Å². The summed E-state index contributed by atoms with van der Waals surface area (Å²) in [6, 6.07) is 33.9. The maximum absolute atomic E-state index is 14.2. The maximum atomic E-state index is 14.2. The Morgan fingerprint density at radius 3 is 1.74 bits per heavy atom. The van der Waals surface area contributed by atoms with Crippen LogP contribution in [0.1, 0.15) is 44.2 Å². The average molecular weight is 465 g/mol. The molecule has 4 aromatic carbocycles. The molecule has 0 radical (unpaired) electrons. The zero-order valence-electron chi connectivity index (χ0n) is 19.2. The van der Waals surface area contributed by atoms with Gasteiger partial charge in [-0.05, 0) is 17.7 Å². The largest absolute Gasteiger partial charge is 0.497 e. The first kappa shape index (κ1) is 22.7. The summed E-state index contributed by atoms with van der Waals surface area (Å²) in [5.41, 5.74) is 0.123. The first-order valence-electron chi connectivity index (χ1n) is 11.4. The molecule has 4 aromatic rings. The summed E-state index contributed by atoms with van der Waals surface area (Å²) < 4.78 is 18.2. The number of methoxy groups -OCH3 is 1. The summed E-state index contributed by atoms with van der Waals surface area (Å²) in [5, 5.41) is 0. The molecule has 0 amide bonds. The highest BCUT2D eigenvalue weighted by Crippen LogP contribution is 2.50. The molecule has 1 aliphatic heterocycles. The Morgan fingerprint density at radius 1 is 0.686 bits per heavy atom. The Bertz CT molecular complexity index is 1270. The molecule has 5 nitrogen and oxygen atoms in total. The maximum Gasteiger partial charge on any atom is 0.226 e. The molecule has 1 fully saturated rings. The SMILES string of the molecule is COc1cccc(C2OC(c3ccccc3)C(C(=O)c3ccccc3)(C(=O)c3ccccc3)O2)c1. The van der Waals surface area contributed by atoms with Crippen LogP contribution >= 0.6 is 0 Å². The van der Waals surface area contributed by atoms with E-state index in [1.165, 1.54) is 0 Å². The number of Topliss-reactive ketones (excluding diaryl/α,β-unsaturated/α-hetero) is 2. The first-order valence-corrected chi connectivity index (χ1v) is 11.4. The molecule has 1 saturated heterocycles. The molecule has 35 heavy (non-hydrogen) atoms. The second-order valence-corrected chi connectivity index (χ2v) is 8.28. The lowest BCUT2D eigenvalue weighted by atomic mass is 9.78. The molecule has 0 N–H and O–H groups in total. The van der Waals surface area contributed by atoms with Crippen molar-refractivity contribution in [2.75, 3.05) is 7.11 Å². The van der Waals surface area contributed by atoms with Crippen LogP contribution in [0.15, 0.2) is 115 Å². The van der Waals surface area contributed by atoms with E-state index in [4.69, 9.17) is 14.2 Å². The average Bonchev–Trinajstić information content (AvgIpc) is 3.35. The number of hydrogen-bond acceptors (Lipinski definition) is 5. The molecule has 5 heteroatoms. The van der Waals surface area contributed by atoms with Crippen LogP contribution in [-0.2, 0) is 9.47 Å². The summed E-state index contributed by atoms with van der Waals surface area (Å²) in [6.07, 6.45) is -1.93. The van der Waals surface area contributed by atoms with E-state index in [0.29, 0.717) is 28.0 Å². The molecule has 0 aromatic heterocycles. The van der Waals surface area contributed by atoms with Gasteiger partial charge in [-0.25, -0.2) is 0 Å². The number of rotatable bonds is 7. The lowest BCUT2D eigenvalue weighted by molar-refractivity contribution is -0.0769. The van der Waals surface area contributed by atoms with Gasteiger partial charge in [-0.3, -0.25) is 9.59 Å². The summed E-state index contributed by atoms with van der Waals surface area (Å²) in [5.74, 6) is -0.287. The van der Waals surface area contributed by atoms with Crippen molar-refractivity contribution in [3.8, 4) is 5.75 Å². The van der Waals surface area contributed by atoms with Gasteiger partial charge in [-0.15, -0.1) is 0 Å². The van der Waals surface area contributed by atoms with Gasteiger partial charge in [0.2, 0.25) is 17.2 Å². The molecule has 2 unspecified atom stereocenters. The summed E-state index contributed by atoms with van der Waals surface area (Å²) in [7, 11) is 1.57. The van der Waals surface area contributed by atoms with Crippen molar-refractivity contribution in [2.24, 2.45) is 0 Å². The predicted molar refractivity (Wildman–Crippen MR) is 131 cm³/mol. The minimum atomic E-state index is -1.93. The smallest absolute Gasteiger partial charge is 0.226 e. The highest BCUT2D eigenvalue weighted by molar-refractivity contribution is 6.23. The Hall–Kier alpha value is -4.06. The van der Waals surface area contributed by atoms with Gasteiger partial charge in [0.1, 0.15) is 11.9 Å².